The largest absolute Gasteiger partial charge is 0.496 e. The van der Waals surface area contributed by atoms with Gasteiger partial charge in [0.1, 0.15) is 11.2 Å². The van der Waals surface area contributed by atoms with Gasteiger partial charge < -0.3 is 9.30 Å². The van der Waals surface area contributed by atoms with E-state index in [-0.39, 0.29) is 11.3 Å². The first kappa shape index (κ1) is 17.3. The van der Waals surface area contributed by atoms with Crippen LogP contribution in [0.1, 0.15) is 28.8 Å². The van der Waals surface area contributed by atoms with E-state index in [1.807, 2.05) is 16.8 Å². The van der Waals surface area contributed by atoms with E-state index in [0.717, 1.165) is 37.6 Å². The van der Waals surface area contributed by atoms with E-state index in [9.17, 15) is 18.0 Å². The van der Waals surface area contributed by atoms with Gasteiger partial charge in [0.2, 0.25) is 0 Å². The molecule has 0 spiro atoms. The standard InChI is InChI=1S/C18H17F3N2O2/c1-25-15-8-7-13(18(19,20)21)10-14(15)17(24)22-16-4-2-3-9-23(16)11-12-5-6-12/h2-4,7-10,12H,5-6,11H2,1H3/b22-16+. The summed E-state index contributed by atoms with van der Waals surface area (Å²) in [6, 6.07) is 8.02. The minimum Gasteiger partial charge on any atom is -0.496 e. The van der Waals surface area contributed by atoms with Crippen LogP contribution in [0.15, 0.2) is 47.6 Å². The van der Waals surface area contributed by atoms with Gasteiger partial charge in [-0.25, -0.2) is 0 Å². The number of rotatable bonds is 4. The van der Waals surface area contributed by atoms with Crippen molar-refractivity contribution in [3.8, 4) is 5.75 Å². The third-order valence-electron chi connectivity index (χ3n) is 4.04. The maximum Gasteiger partial charge on any atom is 0.416 e. The van der Waals surface area contributed by atoms with Crippen molar-refractivity contribution in [3.63, 3.8) is 0 Å². The molecule has 1 fully saturated rings. The zero-order valence-electron chi connectivity index (χ0n) is 13.6. The van der Waals surface area contributed by atoms with E-state index in [4.69, 9.17) is 4.74 Å². The molecular formula is C18H17F3N2O2. The highest BCUT2D eigenvalue weighted by molar-refractivity contribution is 5.97. The molecule has 0 bridgehead atoms. The average molecular weight is 350 g/mol. The van der Waals surface area contributed by atoms with Gasteiger partial charge in [-0.1, -0.05) is 6.07 Å². The molecule has 1 aliphatic carbocycles. The molecule has 1 aromatic carbocycles. The lowest BCUT2D eigenvalue weighted by atomic mass is 10.1. The number of ether oxygens (including phenoxy) is 1. The second-order valence-electron chi connectivity index (χ2n) is 5.98. The summed E-state index contributed by atoms with van der Waals surface area (Å²) < 4.78 is 45.6. The highest BCUT2D eigenvalue weighted by atomic mass is 19.4. The van der Waals surface area contributed by atoms with E-state index in [0.29, 0.717) is 11.4 Å². The molecular weight excluding hydrogens is 333 g/mol. The van der Waals surface area contributed by atoms with Gasteiger partial charge in [0.25, 0.3) is 5.91 Å². The minimum atomic E-state index is -4.54. The number of pyridine rings is 1. The van der Waals surface area contributed by atoms with Crippen LogP contribution < -0.4 is 10.2 Å². The molecule has 1 aromatic heterocycles. The second-order valence-corrected chi connectivity index (χ2v) is 5.98. The molecule has 25 heavy (non-hydrogen) atoms. The number of nitrogens with zero attached hydrogens (tertiary/aromatic N) is 2. The van der Waals surface area contributed by atoms with Crippen LogP contribution in [-0.4, -0.2) is 17.6 Å². The summed E-state index contributed by atoms with van der Waals surface area (Å²) in [6.45, 7) is 0.743. The van der Waals surface area contributed by atoms with E-state index in [2.05, 4.69) is 4.99 Å². The Labute approximate surface area is 142 Å². The van der Waals surface area contributed by atoms with Gasteiger partial charge in [0.15, 0.2) is 0 Å². The topological polar surface area (TPSA) is 43.6 Å². The van der Waals surface area contributed by atoms with Crippen molar-refractivity contribution in [1.29, 1.82) is 0 Å². The molecule has 0 aliphatic heterocycles. The van der Waals surface area contributed by atoms with Crippen molar-refractivity contribution in [2.45, 2.75) is 25.6 Å². The van der Waals surface area contributed by atoms with Crippen LogP contribution >= 0.6 is 0 Å². The number of benzene rings is 1. The number of carbonyl (C=O) groups excluding carboxylic acids is 1. The molecule has 4 nitrogen and oxygen atoms in total. The van der Waals surface area contributed by atoms with Gasteiger partial charge in [0, 0.05) is 12.7 Å². The number of hydrogen-bond acceptors (Lipinski definition) is 2. The van der Waals surface area contributed by atoms with Crippen LogP contribution in [0.4, 0.5) is 13.2 Å². The fraction of sp³-hybridized carbons (Fsp3) is 0.333. The van der Waals surface area contributed by atoms with Crippen molar-refractivity contribution in [1.82, 2.24) is 4.57 Å². The summed E-state index contributed by atoms with van der Waals surface area (Å²) in [5.74, 6) is -0.135. The van der Waals surface area contributed by atoms with Crippen LogP contribution in [-0.2, 0) is 12.7 Å². The summed E-state index contributed by atoms with van der Waals surface area (Å²) in [6.07, 6.45) is -0.457. The Balaban J connectivity index is 2.01. The predicted molar refractivity (Wildman–Crippen MR) is 85.0 cm³/mol. The molecule has 7 heteroatoms. The van der Waals surface area contributed by atoms with Crippen LogP contribution in [0.25, 0.3) is 0 Å². The molecule has 1 saturated carbocycles. The quantitative estimate of drug-likeness (QED) is 0.844. The smallest absolute Gasteiger partial charge is 0.416 e. The summed E-state index contributed by atoms with van der Waals surface area (Å²) in [5, 5.41) is 0. The molecule has 1 heterocycles. The number of alkyl halides is 3. The number of carbonyl (C=O) groups is 1. The SMILES string of the molecule is COc1ccc(C(F)(F)F)cc1C(=O)/N=c1\ccccn1CC1CC1. The van der Waals surface area contributed by atoms with E-state index in [1.54, 1.807) is 12.1 Å². The Hall–Kier alpha value is -2.57. The van der Waals surface area contributed by atoms with E-state index in [1.165, 1.54) is 7.11 Å². The third kappa shape index (κ3) is 4.10. The lowest BCUT2D eigenvalue weighted by Crippen LogP contribution is -2.22. The minimum absolute atomic E-state index is 0.0615. The summed E-state index contributed by atoms with van der Waals surface area (Å²) in [5.41, 5.74) is -0.705. The summed E-state index contributed by atoms with van der Waals surface area (Å²) in [7, 11) is 1.30. The van der Waals surface area contributed by atoms with Crippen molar-refractivity contribution in [2.75, 3.05) is 7.11 Å². The molecule has 0 saturated heterocycles. The van der Waals surface area contributed by atoms with E-state index < -0.39 is 17.6 Å². The first-order valence-electron chi connectivity index (χ1n) is 7.88. The molecule has 1 amide bonds. The number of methoxy groups -OCH3 is 1. The number of amides is 1. The predicted octanol–water partition coefficient (Wildman–Crippen LogP) is 3.67. The Morgan fingerprint density at radius 3 is 2.68 bits per heavy atom. The normalized spacial score (nSPS) is 15.3. The molecule has 1 aliphatic rings. The van der Waals surface area contributed by atoms with Crippen LogP contribution in [0.3, 0.4) is 0 Å². The van der Waals surface area contributed by atoms with Crippen molar-refractivity contribution >= 4 is 5.91 Å². The Morgan fingerprint density at radius 1 is 1.28 bits per heavy atom. The lowest BCUT2D eigenvalue weighted by molar-refractivity contribution is -0.137. The maximum atomic E-state index is 12.9. The molecule has 132 valence electrons. The fourth-order valence-corrected chi connectivity index (χ4v) is 2.52. The first-order chi connectivity index (χ1) is 11.9. The Bertz CT molecular complexity index is 852. The Kier molecular flexibility index (Phi) is 4.65. The van der Waals surface area contributed by atoms with Gasteiger partial charge in [-0.05, 0) is 49.1 Å². The maximum absolute atomic E-state index is 12.9. The number of halogens is 3. The van der Waals surface area contributed by atoms with Crippen molar-refractivity contribution in [2.24, 2.45) is 10.9 Å². The monoisotopic (exact) mass is 350 g/mol. The van der Waals surface area contributed by atoms with Crippen LogP contribution in [0, 0.1) is 5.92 Å². The van der Waals surface area contributed by atoms with Crippen molar-refractivity contribution in [3.05, 3.63) is 59.2 Å². The van der Waals surface area contributed by atoms with Crippen molar-refractivity contribution < 1.29 is 22.7 Å². The molecule has 2 aromatic rings. The zero-order chi connectivity index (χ0) is 18.0. The lowest BCUT2D eigenvalue weighted by Gasteiger charge is -2.11. The molecule has 3 rings (SSSR count). The number of aromatic nitrogens is 1. The highest BCUT2D eigenvalue weighted by Gasteiger charge is 2.32. The third-order valence-corrected chi connectivity index (χ3v) is 4.04. The molecule has 0 atom stereocenters. The zero-order valence-corrected chi connectivity index (χ0v) is 13.6. The van der Waals surface area contributed by atoms with Gasteiger partial charge in [0.05, 0.1) is 18.2 Å². The second kappa shape index (κ2) is 6.74. The highest BCUT2D eigenvalue weighted by Crippen LogP contribution is 2.33. The van der Waals surface area contributed by atoms with Gasteiger partial charge in [-0.3, -0.25) is 4.79 Å². The molecule has 0 N–H and O–H groups in total. The molecule has 0 unspecified atom stereocenters. The summed E-state index contributed by atoms with van der Waals surface area (Å²) in [4.78, 5) is 16.5. The van der Waals surface area contributed by atoms with Gasteiger partial charge >= 0.3 is 6.18 Å². The first-order valence-corrected chi connectivity index (χ1v) is 7.88. The summed E-state index contributed by atoms with van der Waals surface area (Å²) >= 11 is 0. The van der Waals surface area contributed by atoms with Gasteiger partial charge in [-0.15, -0.1) is 0 Å². The molecule has 0 radical (unpaired) electrons. The average Bonchev–Trinajstić information content (AvgIpc) is 3.39. The van der Waals surface area contributed by atoms with E-state index >= 15 is 0 Å². The fourth-order valence-electron chi connectivity index (χ4n) is 2.52. The Morgan fingerprint density at radius 2 is 2.04 bits per heavy atom. The van der Waals surface area contributed by atoms with Gasteiger partial charge in [-0.2, -0.15) is 18.2 Å². The number of hydrogen-bond donors (Lipinski definition) is 0. The van der Waals surface area contributed by atoms with Crippen LogP contribution in [0.5, 0.6) is 5.75 Å². The van der Waals surface area contributed by atoms with Crippen LogP contribution in [0.2, 0.25) is 0 Å².